The Kier molecular flexibility index (Phi) is 19.4. The number of benzene rings is 4. The average molecular weight is 1140 g/mol. The SMILES string of the molecule is N#Cc1cc(F)c(F)cc1F.N#Cc1cc(F)c(OCc2sc(-c3ccc(C(F)(F)F)cc3)nc2CN2CCC(C(F)(F)F)CC2)cc1F.OCc1sc(-c2ccc(C(F)(F)F)cc2)nc1CN1CCC(C(F)(F)F)CC1. The number of halogens is 17. The van der Waals surface area contributed by atoms with Crippen molar-refractivity contribution in [2.75, 3.05) is 26.2 Å². The zero-order valence-electron chi connectivity index (χ0n) is 39.3. The lowest BCUT2D eigenvalue weighted by atomic mass is 9.96. The molecule has 6 aromatic rings. The zero-order chi connectivity index (χ0) is 56.6. The molecule has 412 valence electrons. The number of hydrogen-bond donors (Lipinski definition) is 1. The maximum absolute atomic E-state index is 14.3. The number of likely N-dealkylation sites (tertiary alicyclic amines) is 2. The molecular formula is C50H39F17N6O2S2. The second kappa shape index (κ2) is 24.9. The highest BCUT2D eigenvalue weighted by Crippen LogP contribution is 2.39. The Bertz CT molecular complexity index is 3040. The van der Waals surface area contributed by atoms with E-state index >= 15 is 0 Å². The number of rotatable bonds is 10. The number of nitrogens with zero attached hydrogens (tertiary/aromatic N) is 6. The summed E-state index contributed by atoms with van der Waals surface area (Å²) in [7, 11) is 0. The maximum Gasteiger partial charge on any atom is 0.416 e. The number of aliphatic hydroxyl groups excluding tert-OH is 1. The van der Waals surface area contributed by atoms with E-state index in [1.807, 2.05) is 4.90 Å². The Labute approximate surface area is 435 Å². The molecule has 0 amide bonds. The molecule has 2 fully saturated rings. The summed E-state index contributed by atoms with van der Waals surface area (Å²) >= 11 is 2.23. The molecule has 27 heteroatoms. The molecule has 1 N–H and O–H groups in total. The second-order valence-corrected chi connectivity index (χ2v) is 19.5. The van der Waals surface area contributed by atoms with Gasteiger partial charge in [0, 0.05) is 36.3 Å². The number of alkyl halides is 12. The molecule has 0 spiro atoms. The van der Waals surface area contributed by atoms with Crippen LogP contribution in [0.5, 0.6) is 5.75 Å². The van der Waals surface area contributed by atoms with Gasteiger partial charge in [-0.1, -0.05) is 24.3 Å². The summed E-state index contributed by atoms with van der Waals surface area (Å²) in [5.74, 6) is -8.65. The van der Waals surface area contributed by atoms with Crippen molar-refractivity contribution in [2.24, 2.45) is 11.8 Å². The minimum atomic E-state index is -4.52. The quantitative estimate of drug-likeness (QED) is 0.107. The van der Waals surface area contributed by atoms with E-state index in [1.165, 1.54) is 47.7 Å². The van der Waals surface area contributed by atoms with Gasteiger partial charge in [0.05, 0.1) is 61.8 Å². The van der Waals surface area contributed by atoms with Gasteiger partial charge in [-0.05, 0) is 88.3 Å². The summed E-state index contributed by atoms with van der Waals surface area (Å²) < 4.78 is 225. The van der Waals surface area contributed by atoms with Crippen LogP contribution in [0.25, 0.3) is 21.1 Å². The maximum atomic E-state index is 14.3. The second-order valence-electron chi connectivity index (χ2n) is 17.3. The van der Waals surface area contributed by atoms with Crippen LogP contribution < -0.4 is 4.74 Å². The third-order valence-electron chi connectivity index (χ3n) is 12.1. The third-order valence-corrected chi connectivity index (χ3v) is 14.3. The fraction of sp³-hybridized carbons (Fsp3) is 0.360. The van der Waals surface area contributed by atoms with Crippen LogP contribution in [0, 0.1) is 63.6 Å². The lowest BCUT2D eigenvalue weighted by molar-refractivity contribution is -0.186. The largest absolute Gasteiger partial charge is 0.485 e. The van der Waals surface area contributed by atoms with Crippen molar-refractivity contribution >= 4 is 22.7 Å². The standard InChI is InChI=1S/C25H19F8N3OS.C18H18F6N2OS.C7H2F3N/c26-18-10-21(19(27)9-15(18)11-34)37-13-22-20(12-36-7-5-17(6-8-36)25(31,32)33)35-23(38-22)14-1-3-16(4-2-14)24(28,29)30;19-17(20,21)12-3-1-11(2-4-12)16-25-14(15(10-27)28-16)9-26-7-5-13(6-8-26)18(22,23)24;8-5-2-7(10)6(9)1-4(5)3-11/h1-4,9-10,17H,5-8,12-13H2;1-4,13,27H,5-10H2;1-2H. The van der Waals surface area contributed by atoms with Gasteiger partial charge in [0.15, 0.2) is 23.2 Å². The van der Waals surface area contributed by atoms with E-state index in [1.54, 1.807) is 4.90 Å². The lowest BCUT2D eigenvalue weighted by Gasteiger charge is -2.32. The van der Waals surface area contributed by atoms with Gasteiger partial charge in [0.1, 0.15) is 40.4 Å². The Balaban J connectivity index is 0.000000214. The van der Waals surface area contributed by atoms with Crippen molar-refractivity contribution in [2.45, 2.75) is 76.7 Å². The first-order valence-electron chi connectivity index (χ1n) is 22.7. The normalized spacial score (nSPS) is 15.2. The Morgan fingerprint density at radius 2 is 0.909 bits per heavy atom. The summed E-state index contributed by atoms with van der Waals surface area (Å²) in [6, 6.07) is 14.1. The monoisotopic (exact) mass is 1140 g/mol. The topological polar surface area (TPSA) is 109 Å². The van der Waals surface area contributed by atoms with E-state index in [0.29, 0.717) is 67.0 Å². The molecule has 8 nitrogen and oxygen atoms in total. The highest BCUT2D eigenvalue weighted by Gasteiger charge is 2.42. The Hall–Kier alpha value is -6.39. The fourth-order valence-electron chi connectivity index (χ4n) is 7.84. The van der Waals surface area contributed by atoms with Crippen LogP contribution in [-0.4, -0.2) is 63.4 Å². The molecule has 0 radical (unpaired) electrons. The van der Waals surface area contributed by atoms with Crippen LogP contribution in [0.4, 0.5) is 74.6 Å². The van der Waals surface area contributed by atoms with E-state index in [4.69, 9.17) is 15.3 Å². The van der Waals surface area contributed by atoms with Gasteiger partial charge >= 0.3 is 24.7 Å². The van der Waals surface area contributed by atoms with Gasteiger partial charge in [0.25, 0.3) is 0 Å². The predicted octanol–water partition coefficient (Wildman–Crippen LogP) is 14.4. The van der Waals surface area contributed by atoms with E-state index in [2.05, 4.69) is 9.97 Å². The molecule has 0 bridgehead atoms. The molecule has 0 unspecified atom stereocenters. The summed E-state index contributed by atoms with van der Waals surface area (Å²) in [4.78, 5) is 13.6. The molecule has 0 saturated carbocycles. The molecule has 2 saturated heterocycles. The lowest BCUT2D eigenvalue weighted by Crippen LogP contribution is -2.38. The summed E-state index contributed by atoms with van der Waals surface area (Å²) in [6.07, 6.45) is -17.5. The number of piperidine rings is 2. The Morgan fingerprint density at radius 1 is 0.532 bits per heavy atom. The van der Waals surface area contributed by atoms with E-state index in [9.17, 15) is 79.7 Å². The van der Waals surface area contributed by atoms with Crippen molar-refractivity contribution in [1.82, 2.24) is 19.8 Å². The van der Waals surface area contributed by atoms with Crippen LogP contribution in [0.3, 0.4) is 0 Å². The smallest absolute Gasteiger partial charge is 0.416 e. The van der Waals surface area contributed by atoms with Crippen molar-refractivity contribution in [1.29, 1.82) is 10.5 Å². The zero-order valence-corrected chi connectivity index (χ0v) is 41.0. The number of aromatic nitrogens is 2. The number of hydrogen-bond acceptors (Lipinski definition) is 10. The van der Waals surface area contributed by atoms with Crippen molar-refractivity contribution in [3.05, 3.63) is 145 Å². The first kappa shape index (κ1) is 59.8. The van der Waals surface area contributed by atoms with E-state index < -0.39 is 93.6 Å². The van der Waals surface area contributed by atoms with Gasteiger partial charge in [0.2, 0.25) is 0 Å². The van der Waals surface area contributed by atoms with Gasteiger partial charge in [-0.15, -0.1) is 22.7 Å². The highest BCUT2D eigenvalue weighted by atomic mass is 32.1. The number of nitriles is 2. The van der Waals surface area contributed by atoms with Crippen molar-refractivity contribution in [3.63, 3.8) is 0 Å². The Morgan fingerprint density at radius 3 is 1.30 bits per heavy atom. The van der Waals surface area contributed by atoms with E-state index in [-0.39, 0.29) is 71.6 Å². The van der Waals surface area contributed by atoms with Crippen molar-refractivity contribution in [3.8, 4) is 39.0 Å². The van der Waals surface area contributed by atoms with Crippen LogP contribution in [0.2, 0.25) is 0 Å². The molecule has 2 aromatic heterocycles. The summed E-state index contributed by atoms with van der Waals surface area (Å²) in [5.41, 5.74) is -0.770. The molecule has 2 aliphatic heterocycles. The number of ether oxygens (including phenoxy) is 1. The first-order chi connectivity index (χ1) is 36.1. The predicted molar refractivity (Wildman–Crippen MR) is 246 cm³/mol. The van der Waals surface area contributed by atoms with Crippen LogP contribution in [0.15, 0.2) is 72.8 Å². The van der Waals surface area contributed by atoms with E-state index in [0.717, 1.165) is 41.7 Å². The molecular weight excluding hydrogens is 1100 g/mol. The fourth-order valence-corrected chi connectivity index (χ4v) is 9.76. The highest BCUT2D eigenvalue weighted by molar-refractivity contribution is 7.15. The summed E-state index contributed by atoms with van der Waals surface area (Å²) in [6.45, 7) is 0.758. The summed E-state index contributed by atoms with van der Waals surface area (Å²) in [5, 5.41) is 27.4. The van der Waals surface area contributed by atoms with Crippen LogP contribution in [0.1, 0.15) is 69.1 Å². The van der Waals surface area contributed by atoms with Crippen LogP contribution in [-0.2, 0) is 38.7 Å². The molecule has 4 heterocycles. The minimum Gasteiger partial charge on any atom is -0.485 e. The van der Waals surface area contributed by atoms with Gasteiger partial charge in [-0.2, -0.15) is 63.2 Å². The van der Waals surface area contributed by atoms with Crippen LogP contribution >= 0.6 is 22.7 Å². The molecule has 77 heavy (non-hydrogen) atoms. The molecule has 2 aliphatic rings. The first-order valence-corrected chi connectivity index (χ1v) is 24.3. The average Bonchev–Trinajstić information content (AvgIpc) is 3.99. The van der Waals surface area contributed by atoms with Gasteiger partial charge < -0.3 is 9.84 Å². The van der Waals surface area contributed by atoms with Gasteiger partial charge in [-0.25, -0.2) is 31.9 Å². The third kappa shape index (κ3) is 16.1. The van der Waals surface area contributed by atoms with Crippen molar-refractivity contribution < 1.29 is 84.5 Å². The molecule has 0 atom stereocenters. The molecule has 4 aromatic carbocycles. The molecule has 0 aliphatic carbocycles. The minimum absolute atomic E-state index is 0.0217. The van der Waals surface area contributed by atoms with Gasteiger partial charge in [-0.3, -0.25) is 9.80 Å². The number of aliphatic hydroxyl groups is 1. The number of thiazole rings is 2. The molecule has 8 rings (SSSR count).